The molecule has 6 nitrogen and oxygen atoms in total. The first kappa shape index (κ1) is 25.6. The molecule has 1 atom stereocenters. The van der Waals surface area contributed by atoms with Gasteiger partial charge >= 0.3 is 0 Å². The van der Waals surface area contributed by atoms with E-state index in [0.717, 1.165) is 24.5 Å². The van der Waals surface area contributed by atoms with Gasteiger partial charge in [0.25, 0.3) is 0 Å². The first-order chi connectivity index (χ1) is 15.0. The van der Waals surface area contributed by atoms with Crippen LogP contribution in [0.1, 0.15) is 30.8 Å². The van der Waals surface area contributed by atoms with Crippen LogP contribution in [0.2, 0.25) is 0 Å². The van der Waals surface area contributed by atoms with Crippen LogP contribution in [0.15, 0.2) is 65.9 Å². The van der Waals surface area contributed by atoms with E-state index < -0.39 is 0 Å². The lowest BCUT2D eigenvalue weighted by atomic mass is 10.1. The number of hydrogen-bond donors (Lipinski definition) is 2. The lowest BCUT2D eigenvalue weighted by Crippen LogP contribution is -2.41. The number of halogens is 2. The molecule has 2 N–H and O–H groups in total. The molecule has 3 rings (SSSR count). The third-order valence-electron chi connectivity index (χ3n) is 4.75. The van der Waals surface area contributed by atoms with Gasteiger partial charge < -0.3 is 19.9 Å². The molecule has 0 saturated carbocycles. The summed E-state index contributed by atoms with van der Waals surface area (Å²) in [5.74, 6) is 1.58. The predicted molar refractivity (Wildman–Crippen MR) is 137 cm³/mol. The first-order valence-electron chi connectivity index (χ1n) is 10.5. The van der Waals surface area contributed by atoms with E-state index in [2.05, 4.69) is 49.4 Å². The van der Waals surface area contributed by atoms with Crippen molar-refractivity contribution in [2.45, 2.75) is 40.0 Å². The Bertz CT molecular complexity index is 1010. The van der Waals surface area contributed by atoms with Crippen LogP contribution in [0.25, 0.3) is 0 Å². The van der Waals surface area contributed by atoms with E-state index >= 15 is 0 Å². The van der Waals surface area contributed by atoms with E-state index in [-0.39, 0.29) is 41.6 Å². The molecular formula is C24H31FIN5O. The van der Waals surface area contributed by atoms with E-state index in [1.165, 1.54) is 11.6 Å². The van der Waals surface area contributed by atoms with Crippen LogP contribution in [0.5, 0.6) is 5.75 Å². The fourth-order valence-corrected chi connectivity index (χ4v) is 3.15. The number of hydrogen-bond acceptors (Lipinski definition) is 3. The predicted octanol–water partition coefficient (Wildman–Crippen LogP) is 4.52. The summed E-state index contributed by atoms with van der Waals surface area (Å²) in [6.45, 7) is 8.49. The molecule has 1 heterocycles. The standard InChI is InChI=1S/C24H30FN5O.HI/c1-4-26-24(28-15-18(2)31-23-11-6-5-10-22(23)25)29-16-20-8-7-9-21(14-20)17-30-13-12-27-19(30)3;/h5-14,18H,4,15-17H2,1-3H3,(H2,26,28,29);1H. The molecule has 0 bridgehead atoms. The highest BCUT2D eigenvalue weighted by molar-refractivity contribution is 14.0. The van der Waals surface area contributed by atoms with Gasteiger partial charge in [0.1, 0.15) is 11.9 Å². The summed E-state index contributed by atoms with van der Waals surface area (Å²) in [5, 5.41) is 6.51. The second-order valence-corrected chi connectivity index (χ2v) is 7.36. The molecular weight excluding hydrogens is 520 g/mol. The number of aryl methyl sites for hydroxylation is 1. The molecule has 0 fully saturated rings. The number of aliphatic imine (C=N–C) groups is 1. The molecule has 0 aliphatic heterocycles. The van der Waals surface area contributed by atoms with E-state index in [4.69, 9.17) is 4.74 Å². The number of nitrogens with zero attached hydrogens (tertiary/aromatic N) is 3. The molecule has 0 radical (unpaired) electrons. The van der Waals surface area contributed by atoms with Crippen molar-refractivity contribution in [2.75, 3.05) is 13.1 Å². The van der Waals surface area contributed by atoms with Gasteiger partial charge in [0, 0.05) is 25.5 Å². The zero-order valence-electron chi connectivity index (χ0n) is 18.7. The zero-order chi connectivity index (χ0) is 22.1. The normalized spacial score (nSPS) is 12.1. The summed E-state index contributed by atoms with van der Waals surface area (Å²) in [6.07, 6.45) is 3.58. The number of ether oxygens (including phenoxy) is 1. The molecule has 0 amide bonds. The van der Waals surface area contributed by atoms with E-state index in [1.54, 1.807) is 18.2 Å². The number of guanidine groups is 1. The number of aromatic nitrogens is 2. The monoisotopic (exact) mass is 551 g/mol. The van der Waals surface area contributed by atoms with Gasteiger partial charge in [-0.3, -0.25) is 0 Å². The molecule has 2 aromatic carbocycles. The minimum absolute atomic E-state index is 0. The fourth-order valence-electron chi connectivity index (χ4n) is 3.15. The van der Waals surface area contributed by atoms with E-state index in [0.29, 0.717) is 19.0 Å². The Morgan fingerprint density at radius 1 is 1.16 bits per heavy atom. The van der Waals surface area contributed by atoms with Gasteiger partial charge in [0.2, 0.25) is 0 Å². The van der Waals surface area contributed by atoms with Crippen LogP contribution in [0.4, 0.5) is 4.39 Å². The van der Waals surface area contributed by atoms with Crippen LogP contribution in [0.3, 0.4) is 0 Å². The third kappa shape index (κ3) is 7.81. The number of imidazole rings is 1. The Kier molecular flexibility index (Phi) is 10.5. The Balaban J connectivity index is 0.00000363. The summed E-state index contributed by atoms with van der Waals surface area (Å²) in [6, 6.07) is 14.8. The quantitative estimate of drug-likeness (QED) is 0.233. The molecule has 8 heteroatoms. The average molecular weight is 551 g/mol. The van der Waals surface area contributed by atoms with Gasteiger partial charge in [-0.15, -0.1) is 24.0 Å². The minimum atomic E-state index is -0.360. The first-order valence-corrected chi connectivity index (χ1v) is 10.5. The summed E-state index contributed by atoms with van der Waals surface area (Å²) < 4.78 is 21.6. The lowest BCUT2D eigenvalue weighted by Gasteiger charge is -2.18. The van der Waals surface area contributed by atoms with Crippen molar-refractivity contribution in [3.63, 3.8) is 0 Å². The maximum Gasteiger partial charge on any atom is 0.191 e. The van der Waals surface area contributed by atoms with Crippen molar-refractivity contribution >= 4 is 29.9 Å². The van der Waals surface area contributed by atoms with Crippen molar-refractivity contribution in [2.24, 2.45) is 4.99 Å². The Morgan fingerprint density at radius 2 is 1.94 bits per heavy atom. The summed E-state index contributed by atoms with van der Waals surface area (Å²) in [4.78, 5) is 8.96. The Morgan fingerprint density at radius 3 is 2.66 bits per heavy atom. The highest BCUT2D eigenvalue weighted by Crippen LogP contribution is 2.16. The molecule has 172 valence electrons. The molecule has 0 saturated heterocycles. The largest absolute Gasteiger partial charge is 0.486 e. The summed E-state index contributed by atoms with van der Waals surface area (Å²) in [5.41, 5.74) is 2.33. The van der Waals surface area contributed by atoms with Crippen molar-refractivity contribution in [3.8, 4) is 5.75 Å². The number of rotatable bonds is 9. The van der Waals surface area contributed by atoms with Crippen LogP contribution in [0, 0.1) is 12.7 Å². The molecule has 0 aliphatic carbocycles. The Hall–Kier alpha value is -2.62. The van der Waals surface area contributed by atoms with Crippen molar-refractivity contribution in [1.82, 2.24) is 20.2 Å². The van der Waals surface area contributed by atoms with Gasteiger partial charge in [-0.1, -0.05) is 36.4 Å². The smallest absolute Gasteiger partial charge is 0.191 e. The SMILES string of the molecule is CCNC(=NCc1cccc(Cn2ccnc2C)c1)NCC(C)Oc1ccccc1F.I. The molecule has 1 unspecified atom stereocenters. The fraction of sp³-hybridized carbons (Fsp3) is 0.333. The van der Waals surface area contributed by atoms with Gasteiger partial charge in [-0.2, -0.15) is 0 Å². The van der Waals surface area contributed by atoms with Crippen molar-refractivity contribution in [3.05, 3.63) is 83.7 Å². The maximum atomic E-state index is 13.8. The third-order valence-corrected chi connectivity index (χ3v) is 4.75. The van der Waals surface area contributed by atoms with Gasteiger partial charge in [-0.05, 0) is 44.0 Å². The summed E-state index contributed by atoms with van der Waals surface area (Å²) >= 11 is 0. The van der Waals surface area contributed by atoms with E-state index in [9.17, 15) is 4.39 Å². The topological polar surface area (TPSA) is 63.5 Å². The Labute approximate surface area is 206 Å². The zero-order valence-corrected chi connectivity index (χ0v) is 21.0. The second-order valence-electron chi connectivity index (χ2n) is 7.36. The number of benzene rings is 2. The van der Waals surface area contributed by atoms with E-state index in [1.807, 2.05) is 33.2 Å². The minimum Gasteiger partial charge on any atom is -0.486 e. The van der Waals surface area contributed by atoms with Gasteiger partial charge in [0.05, 0.1) is 13.1 Å². The van der Waals surface area contributed by atoms with Crippen molar-refractivity contribution < 1.29 is 9.13 Å². The molecule has 32 heavy (non-hydrogen) atoms. The maximum absolute atomic E-state index is 13.8. The van der Waals surface area contributed by atoms with Crippen LogP contribution < -0.4 is 15.4 Å². The highest BCUT2D eigenvalue weighted by Gasteiger charge is 2.09. The molecule has 3 aromatic rings. The lowest BCUT2D eigenvalue weighted by molar-refractivity contribution is 0.214. The number of nitrogens with one attached hydrogen (secondary N) is 2. The molecule has 0 aliphatic rings. The van der Waals surface area contributed by atoms with Crippen molar-refractivity contribution in [1.29, 1.82) is 0 Å². The van der Waals surface area contributed by atoms with Crippen LogP contribution >= 0.6 is 24.0 Å². The van der Waals surface area contributed by atoms with Gasteiger partial charge in [0.15, 0.2) is 17.5 Å². The molecule has 0 spiro atoms. The van der Waals surface area contributed by atoms with Crippen LogP contribution in [-0.4, -0.2) is 34.7 Å². The number of para-hydroxylation sites is 1. The highest BCUT2D eigenvalue weighted by atomic mass is 127. The average Bonchev–Trinajstić information content (AvgIpc) is 3.16. The summed E-state index contributed by atoms with van der Waals surface area (Å²) in [7, 11) is 0. The second kappa shape index (κ2) is 13.0. The van der Waals surface area contributed by atoms with Crippen LogP contribution in [-0.2, 0) is 13.1 Å². The molecule has 1 aromatic heterocycles. The van der Waals surface area contributed by atoms with Gasteiger partial charge in [-0.25, -0.2) is 14.4 Å².